The van der Waals surface area contributed by atoms with Crippen LogP contribution in [0.1, 0.15) is 29.5 Å². The Kier molecular flexibility index (Phi) is 4.90. The lowest BCUT2D eigenvalue weighted by atomic mass is 10.1. The lowest BCUT2D eigenvalue weighted by Gasteiger charge is -2.22. The molecule has 3 N–H and O–H groups in total. The normalized spacial score (nSPS) is 17.5. The third-order valence-electron chi connectivity index (χ3n) is 2.59. The smallest absolute Gasteiger partial charge is 0.269 e. The van der Waals surface area contributed by atoms with Crippen molar-refractivity contribution in [1.82, 2.24) is 15.6 Å². The van der Waals surface area contributed by atoms with Crippen LogP contribution in [0.25, 0.3) is 0 Å². The van der Waals surface area contributed by atoms with E-state index in [1.165, 1.54) is 32.1 Å². The number of nitrogens with one attached hydrogen (secondary N) is 2. The average Bonchev–Trinajstić information content (AvgIpc) is 2.30. The van der Waals surface area contributed by atoms with Crippen LogP contribution in [-0.2, 0) is 0 Å². The van der Waals surface area contributed by atoms with Gasteiger partial charge in [0.25, 0.3) is 5.91 Å². The molecule has 0 bridgehead atoms. The van der Waals surface area contributed by atoms with E-state index in [9.17, 15) is 4.79 Å². The van der Waals surface area contributed by atoms with E-state index in [4.69, 9.17) is 5.11 Å². The first-order valence-electron chi connectivity index (χ1n) is 5.66. The highest BCUT2D eigenvalue weighted by atomic mass is 16.3. The van der Waals surface area contributed by atoms with Crippen molar-refractivity contribution in [1.29, 1.82) is 0 Å². The number of hydrogen-bond acceptors (Lipinski definition) is 4. The zero-order chi connectivity index (χ0) is 12.8. The third-order valence-corrected chi connectivity index (χ3v) is 2.59. The number of hydrogen-bond donors (Lipinski definition) is 3. The Morgan fingerprint density at radius 3 is 2.53 bits per heavy atom. The number of aromatic nitrogens is 1. The first kappa shape index (κ1) is 13.4. The molecule has 0 saturated carbocycles. The molecule has 1 atom stereocenters. The maximum absolute atomic E-state index is 11.0. The summed E-state index contributed by atoms with van der Waals surface area (Å²) in [6.07, 6.45) is 1.38. The third kappa shape index (κ3) is 4.03. The van der Waals surface area contributed by atoms with Gasteiger partial charge < -0.3 is 15.7 Å². The molecule has 1 amide bonds. The van der Waals surface area contributed by atoms with Crippen LogP contribution in [0.2, 0.25) is 0 Å². The fourth-order valence-electron chi connectivity index (χ4n) is 1.24. The molecule has 1 saturated heterocycles. The topological polar surface area (TPSA) is 74.2 Å². The second-order valence-corrected chi connectivity index (χ2v) is 4.02. The molecule has 1 aromatic heterocycles. The van der Waals surface area contributed by atoms with Gasteiger partial charge in [-0.1, -0.05) is 0 Å². The molecule has 5 heteroatoms. The van der Waals surface area contributed by atoms with E-state index in [-0.39, 0.29) is 11.7 Å². The second kappa shape index (κ2) is 6.20. The first-order chi connectivity index (χ1) is 8.04. The van der Waals surface area contributed by atoms with Gasteiger partial charge in [-0.15, -0.1) is 0 Å². The van der Waals surface area contributed by atoms with Crippen molar-refractivity contribution < 1.29 is 9.90 Å². The molecule has 0 aliphatic carbocycles. The summed E-state index contributed by atoms with van der Waals surface area (Å²) in [5.74, 6) is -0.152. The van der Waals surface area contributed by atoms with Gasteiger partial charge in [0.2, 0.25) is 0 Å². The van der Waals surface area contributed by atoms with Crippen molar-refractivity contribution >= 4 is 5.91 Å². The predicted octanol–water partition coefficient (Wildman–Crippen LogP) is 0.823. The zero-order valence-electron chi connectivity index (χ0n) is 10.4. The quantitative estimate of drug-likeness (QED) is 0.676. The monoisotopic (exact) mass is 237 g/mol. The number of amides is 1. The number of rotatable bonds is 1. The van der Waals surface area contributed by atoms with Crippen LogP contribution in [0.15, 0.2) is 12.1 Å². The highest BCUT2D eigenvalue weighted by Gasteiger charge is 2.07. The van der Waals surface area contributed by atoms with Crippen molar-refractivity contribution in [3.05, 3.63) is 23.5 Å². The van der Waals surface area contributed by atoms with Gasteiger partial charge in [-0.25, -0.2) is 4.98 Å². The minimum Gasteiger partial charge on any atom is -0.506 e. The molecule has 1 aliphatic rings. The van der Waals surface area contributed by atoms with Crippen LogP contribution in [0, 0.1) is 6.92 Å². The van der Waals surface area contributed by atoms with E-state index >= 15 is 0 Å². The van der Waals surface area contributed by atoms with Crippen LogP contribution in [0.3, 0.4) is 0 Å². The molecule has 0 aromatic carbocycles. The fourth-order valence-corrected chi connectivity index (χ4v) is 1.24. The molecule has 1 aliphatic heterocycles. The minimum atomic E-state index is -0.252. The Labute approximate surface area is 101 Å². The van der Waals surface area contributed by atoms with E-state index in [1.54, 1.807) is 6.92 Å². The summed E-state index contributed by atoms with van der Waals surface area (Å²) in [6.45, 7) is 5.08. The predicted molar refractivity (Wildman–Crippen MR) is 66.1 cm³/mol. The molecular weight excluding hydrogens is 218 g/mol. The Morgan fingerprint density at radius 2 is 2.18 bits per heavy atom. The van der Waals surface area contributed by atoms with E-state index in [0.717, 1.165) is 6.04 Å². The van der Waals surface area contributed by atoms with Gasteiger partial charge >= 0.3 is 0 Å². The van der Waals surface area contributed by atoms with Crippen LogP contribution >= 0.6 is 0 Å². The van der Waals surface area contributed by atoms with Crippen molar-refractivity contribution in [2.45, 2.75) is 26.3 Å². The summed E-state index contributed by atoms with van der Waals surface area (Å²) in [7, 11) is 1.53. The number of carbonyl (C=O) groups is 1. The number of pyridine rings is 1. The Morgan fingerprint density at radius 1 is 1.59 bits per heavy atom. The molecule has 5 nitrogen and oxygen atoms in total. The second-order valence-electron chi connectivity index (χ2n) is 4.02. The summed E-state index contributed by atoms with van der Waals surface area (Å²) in [5.41, 5.74) is 0.768. The largest absolute Gasteiger partial charge is 0.506 e. The summed E-state index contributed by atoms with van der Waals surface area (Å²) in [5, 5.41) is 14.8. The summed E-state index contributed by atoms with van der Waals surface area (Å²) in [4.78, 5) is 14.9. The van der Waals surface area contributed by atoms with Crippen molar-refractivity contribution in [2.24, 2.45) is 0 Å². The molecule has 1 fully saturated rings. The Bertz CT molecular complexity index is 389. The van der Waals surface area contributed by atoms with E-state index in [0.29, 0.717) is 11.4 Å². The molecule has 0 spiro atoms. The van der Waals surface area contributed by atoms with Crippen LogP contribution in [0.4, 0.5) is 0 Å². The average molecular weight is 237 g/mol. The van der Waals surface area contributed by atoms with Gasteiger partial charge in [-0.3, -0.25) is 4.79 Å². The number of aryl methyl sites for hydroxylation is 1. The molecule has 1 aromatic rings. The van der Waals surface area contributed by atoms with Crippen LogP contribution in [-0.4, -0.2) is 35.6 Å². The molecular formula is C12H19N3O2. The van der Waals surface area contributed by atoms with Gasteiger partial charge in [-0.2, -0.15) is 0 Å². The van der Waals surface area contributed by atoms with Crippen LogP contribution in [0.5, 0.6) is 5.75 Å². The molecule has 17 heavy (non-hydrogen) atoms. The highest BCUT2D eigenvalue weighted by Crippen LogP contribution is 2.12. The maximum atomic E-state index is 11.0. The van der Waals surface area contributed by atoms with Crippen molar-refractivity contribution in [3.8, 4) is 5.75 Å². The fraction of sp³-hybridized carbons (Fsp3) is 0.500. The van der Waals surface area contributed by atoms with Gasteiger partial charge in [0, 0.05) is 13.1 Å². The molecule has 1 unspecified atom stereocenters. The Hall–Kier alpha value is -1.62. The molecule has 94 valence electrons. The van der Waals surface area contributed by atoms with Gasteiger partial charge in [0.15, 0.2) is 0 Å². The number of carbonyl (C=O) groups excluding carboxylic acids is 1. The van der Waals surface area contributed by atoms with Gasteiger partial charge in [-0.05, 0) is 38.9 Å². The highest BCUT2D eigenvalue weighted by molar-refractivity contribution is 5.92. The van der Waals surface area contributed by atoms with Crippen molar-refractivity contribution in [3.63, 3.8) is 0 Å². The maximum Gasteiger partial charge on any atom is 0.269 e. The van der Waals surface area contributed by atoms with E-state index in [1.807, 2.05) is 0 Å². The van der Waals surface area contributed by atoms with E-state index < -0.39 is 0 Å². The minimum absolute atomic E-state index is 0.0997. The zero-order valence-corrected chi connectivity index (χ0v) is 10.4. The number of nitrogens with zero attached hydrogens (tertiary/aromatic N) is 1. The van der Waals surface area contributed by atoms with Gasteiger partial charge in [0.1, 0.15) is 11.4 Å². The molecule has 2 rings (SSSR count). The lowest BCUT2D eigenvalue weighted by Crippen LogP contribution is -2.39. The molecule has 0 radical (unpaired) electrons. The SMILES string of the molecule is CC1CCN1.CNC(=O)c1ccc(O)c(C)n1. The summed E-state index contributed by atoms with van der Waals surface area (Å²) in [6, 6.07) is 3.74. The number of aromatic hydroxyl groups is 1. The van der Waals surface area contributed by atoms with Gasteiger partial charge in [0.05, 0.1) is 5.69 Å². The van der Waals surface area contributed by atoms with Crippen LogP contribution < -0.4 is 10.6 Å². The summed E-state index contributed by atoms with van der Waals surface area (Å²) >= 11 is 0. The van der Waals surface area contributed by atoms with E-state index in [2.05, 4.69) is 22.5 Å². The standard InChI is InChI=1S/C8H10N2O2.C4H9N/c1-5-7(11)4-3-6(10-5)8(12)9-2;1-4-2-3-5-4/h3-4,11H,1-2H3,(H,9,12);4-5H,2-3H2,1H3. The molecule has 2 heterocycles. The summed E-state index contributed by atoms with van der Waals surface area (Å²) < 4.78 is 0. The lowest BCUT2D eigenvalue weighted by molar-refractivity contribution is 0.0958. The Balaban J connectivity index is 0.000000239. The van der Waals surface area contributed by atoms with Crippen molar-refractivity contribution in [2.75, 3.05) is 13.6 Å². The first-order valence-corrected chi connectivity index (χ1v) is 5.66.